The summed E-state index contributed by atoms with van der Waals surface area (Å²) in [5.74, 6) is 1.58. The van der Waals surface area contributed by atoms with Crippen LogP contribution in [0, 0.1) is 12.8 Å². The van der Waals surface area contributed by atoms with E-state index in [-0.39, 0.29) is 5.56 Å². The van der Waals surface area contributed by atoms with Gasteiger partial charge < -0.3 is 4.57 Å². The largest absolute Gasteiger partial charge is 0.302 e. The molecule has 9 heteroatoms. The Hall–Kier alpha value is -2.35. The third kappa shape index (κ3) is 4.63. The minimum atomic E-state index is -0.0958. The monoisotopic (exact) mass is 473 g/mol. The molecule has 0 amide bonds. The fourth-order valence-corrected chi connectivity index (χ4v) is 4.65. The van der Waals surface area contributed by atoms with Crippen molar-refractivity contribution in [3.63, 3.8) is 0 Å². The molecule has 0 atom stereocenters. The number of fused-ring (bicyclic) bond motifs is 1. The van der Waals surface area contributed by atoms with Crippen LogP contribution in [0.2, 0.25) is 10.0 Å². The summed E-state index contributed by atoms with van der Waals surface area (Å²) >= 11 is 14.0. The van der Waals surface area contributed by atoms with Crippen molar-refractivity contribution in [2.45, 2.75) is 38.2 Å². The number of benzene rings is 1. The van der Waals surface area contributed by atoms with Crippen LogP contribution in [-0.4, -0.2) is 24.1 Å². The Morgan fingerprint density at radius 1 is 1.13 bits per heavy atom. The van der Waals surface area contributed by atoms with E-state index < -0.39 is 0 Å². The molecule has 0 unspecified atom stereocenters. The fourth-order valence-electron chi connectivity index (χ4n) is 3.32. The number of halogens is 2. The second-order valence-corrected chi connectivity index (χ2v) is 9.48. The van der Waals surface area contributed by atoms with Gasteiger partial charge in [0, 0.05) is 35.1 Å². The molecule has 1 aromatic carbocycles. The van der Waals surface area contributed by atoms with Crippen LogP contribution in [0.5, 0.6) is 0 Å². The first-order valence-electron chi connectivity index (χ1n) is 9.83. The lowest BCUT2D eigenvalue weighted by molar-refractivity contribution is 0.498. The van der Waals surface area contributed by atoms with Crippen molar-refractivity contribution in [1.82, 2.24) is 24.1 Å². The molecule has 6 nitrogen and oxygen atoms in total. The maximum Gasteiger partial charge on any atom is 0.258 e. The molecule has 0 spiro atoms. The molecule has 3 aromatic heterocycles. The van der Waals surface area contributed by atoms with Gasteiger partial charge in [0.2, 0.25) is 0 Å². The second-order valence-electron chi connectivity index (χ2n) is 7.69. The minimum absolute atomic E-state index is 0.0958. The molecular weight excluding hydrogens is 453 g/mol. The standard InChI is InChI=1S/C22H21Cl2N5OS/c1-13(2)11-29-21(17-7-6-15(23)9-18(17)24)26-27-22(29)31-12-16-10-19(30)28-8-4-5-14(3)20(28)25-16/h4-10,13H,11-12H2,1-3H3. The van der Waals surface area contributed by atoms with Crippen LogP contribution in [-0.2, 0) is 12.3 Å². The summed E-state index contributed by atoms with van der Waals surface area (Å²) in [5.41, 5.74) is 3.01. The molecule has 0 saturated heterocycles. The molecule has 0 saturated carbocycles. The summed E-state index contributed by atoms with van der Waals surface area (Å²) in [6.07, 6.45) is 1.73. The SMILES string of the molecule is Cc1cccn2c(=O)cc(CSc3nnc(-c4ccc(Cl)cc4Cl)n3CC(C)C)nc12. The average molecular weight is 474 g/mol. The van der Waals surface area contributed by atoms with Gasteiger partial charge in [0.25, 0.3) is 5.56 Å². The van der Waals surface area contributed by atoms with Gasteiger partial charge in [-0.1, -0.05) is 54.9 Å². The zero-order valence-electron chi connectivity index (χ0n) is 17.3. The molecule has 3 heterocycles. The summed E-state index contributed by atoms with van der Waals surface area (Å²) < 4.78 is 3.62. The van der Waals surface area contributed by atoms with Crippen molar-refractivity contribution in [1.29, 1.82) is 0 Å². The maximum absolute atomic E-state index is 12.5. The van der Waals surface area contributed by atoms with Crippen molar-refractivity contribution >= 4 is 40.6 Å². The molecule has 0 N–H and O–H groups in total. The molecule has 4 aromatic rings. The molecular formula is C22H21Cl2N5OS. The zero-order chi connectivity index (χ0) is 22.1. The Balaban J connectivity index is 1.67. The van der Waals surface area contributed by atoms with Crippen LogP contribution >= 0.6 is 35.0 Å². The molecule has 160 valence electrons. The normalized spacial score (nSPS) is 11.5. The number of nitrogens with zero attached hydrogens (tertiary/aromatic N) is 5. The van der Waals surface area contributed by atoms with Crippen molar-refractivity contribution < 1.29 is 0 Å². The van der Waals surface area contributed by atoms with Gasteiger partial charge in [-0.2, -0.15) is 0 Å². The van der Waals surface area contributed by atoms with E-state index in [4.69, 9.17) is 23.2 Å². The highest BCUT2D eigenvalue weighted by Gasteiger charge is 2.18. The molecule has 31 heavy (non-hydrogen) atoms. The lowest BCUT2D eigenvalue weighted by Crippen LogP contribution is -2.15. The molecule has 0 fully saturated rings. The number of hydrogen-bond donors (Lipinski definition) is 0. The molecule has 0 radical (unpaired) electrons. The van der Waals surface area contributed by atoms with Crippen LogP contribution < -0.4 is 5.56 Å². The Morgan fingerprint density at radius 2 is 1.94 bits per heavy atom. The predicted octanol–water partition coefficient (Wildman–Crippen LogP) is 5.52. The van der Waals surface area contributed by atoms with Gasteiger partial charge in [-0.05, 0) is 42.7 Å². The van der Waals surface area contributed by atoms with Crippen LogP contribution in [0.1, 0.15) is 25.1 Å². The van der Waals surface area contributed by atoms with Gasteiger partial charge in [-0.3, -0.25) is 9.20 Å². The third-order valence-electron chi connectivity index (χ3n) is 4.73. The highest BCUT2D eigenvalue weighted by Crippen LogP contribution is 2.32. The average Bonchev–Trinajstić information content (AvgIpc) is 3.09. The summed E-state index contributed by atoms with van der Waals surface area (Å²) in [6, 6.07) is 10.7. The Bertz CT molecular complexity index is 1320. The summed E-state index contributed by atoms with van der Waals surface area (Å²) in [4.78, 5) is 17.2. The van der Waals surface area contributed by atoms with E-state index in [0.29, 0.717) is 38.9 Å². The molecule has 0 aliphatic rings. The molecule has 0 aliphatic heterocycles. The molecule has 0 bridgehead atoms. The zero-order valence-corrected chi connectivity index (χ0v) is 19.7. The van der Waals surface area contributed by atoms with Gasteiger partial charge in [0.1, 0.15) is 5.65 Å². The summed E-state index contributed by atoms with van der Waals surface area (Å²) in [5, 5.41) is 10.7. The predicted molar refractivity (Wildman–Crippen MR) is 126 cm³/mol. The third-order valence-corrected chi connectivity index (χ3v) is 6.27. The van der Waals surface area contributed by atoms with Crippen molar-refractivity contribution in [3.8, 4) is 11.4 Å². The fraction of sp³-hybridized carbons (Fsp3) is 0.273. The van der Waals surface area contributed by atoms with E-state index in [1.165, 1.54) is 11.8 Å². The molecule has 0 aliphatic carbocycles. The molecule has 4 rings (SSSR count). The highest BCUT2D eigenvalue weighted by atomic mass is 35.5. The van der Waals surface area contributed by atoms with E-state index >= 15 is 0 Å². The number of hydrogen-bond acceptors (Lipinski definition) is 5. The van der Waals surface area contributed by atoms with Crippen LogP contribution in [0.3, 0.4) is 0 Å². The number of aromatic nitrogens is 5. The minimum Gasteiger partial charge on any atom is -0.302 e. The van der Waals surface area contributed by atoms with Crippen molar-refractivity contribution in [3.05, 3.63) is 74.3 Å². The summed E-state index contributed by atoms with van der Waals surface area (Å²) in [6.45, 7) is 6.95. The first-order valence-corrected chi connectivity index (χ1v) is 11.6. The Morgan fingerprint density at radius 3 is 2.68 bits per heavy atom. The van der Waals surface area contributed by atoms with E-state index in [1.807, 2.05) is 25.1 Å². The Kier molecular flexibility index (Phi) is 6.36. The number of rotatable bonds is 6. The lowest BCUT2D eigenvalue weighted by Gasteiger charge is -2.13. The number of thioether (sulfide) groups is 1. The van der Waals surface area contributed by atoms with Crippen LogP contribution in [0.15, 0.2) is 52.5 Å². The first-order chi connectivity index (χ1) is 14.8. The smallest absolute Gasteiger partial charge is 0.258 e. The lowest BCUT2D eigenvalue weighted by atomic mass is 10.2. The summed E-state index contributed by atoms with van der Waals surface area (Å²) in [7, 11) is 0. The topological polar surface area (TPSA) is 65.1 Å². The van der Waals surface area contributed by atoms with Gasteiger partial charge in [-0.15, -0.1) is 10.2 Å². The van der Waals surface area contributed by atoms with E-state index in [2.05, 4.69) is 33.6 Å². The maximum atomic E-state index is 12.5. The van der Waals surface area contributed by atoms with Crippen LogP contribution in [0.25, 0.3) is 17.0 Å². The van der Waals surface area contributed by atoms with Gasteiger partial charge in [-0.25, -0.2) is 4.98 Å². The van der Waals surface area contributed by atoms with Crippen molar-refractivity contribution in [2.75, 3.05) is 0 Å². The number of aryl methyl sites for hydroxylation is 1. The number of pyridine rings is 1. The first kappa shape index (κ1) is 21.9. The second kappa shape index (κ2) is 9.02. The van der Waals surface area contributed by atoms with Gasteiger partial charge in [0.05, 0.1) is 10.7 Å². The highest BCUT2D eigenvalue weighted by molar-refractivity contribution is 7.98. The Labute approximate surface area is 194 Å². The van der Waals surface area contributed by atoms with E-state index in [1.54, 1.807) is 28.8 Å². The van der Waals surface area contributed by atoms with E-state index in [0.717, 1.165) is 22.8 Å². The van der Waals surface area contributed by atoms with Crippen molar-refractivity contribution in [2.24, 2.45) is 5.92 Å². The quantitative estimate of drug-likeness (QED) is 0.345. The van der Waals surface area contributed by atoms with Gasteiger partial charge >= 0.3 is 0 Å². The van der Waals surface area contributed by atoms with Gasteiger partial charge in [0.15, 0.2) is 11.0 Å². The van der Waals surface area contributed by atoms with Crippen LogP contribution in [0.4, 0.5) is 0 Å². The van der Waals surface area contributed by atoms with E-state index in [9.17, 15) is 4.79 Å².